The number of allylic oxidation sites excluding steroid dienone is 1. The molecular formula is C22H26N2O8. The molecule has 1 fully saturated rings. The molecule has 1 saturated heterocycles. The molecule has 1 aromatic carbocycles. The summed E-state index contributed by atoms with van der Waals surface area (Å²) in [6.07, 6.45) is 1.18. The van der Waals surface area contributed by atoms with Gasteiger partial charge in [-0.3, -0.25) is 20.0 Å². The zero-order valence-corrected chi connectivity index (χ0v) is 18.2. The molecule has 0 bridgehead atoms. The predicted octanol–water partition coefficient (Wildman–Crippen LogP) is 2.15. The van der Waals surface area contributed by atoms with Crippen LogP contribution in [0.25, 0.3) is 0 Å². The van der Waals surface area contributed by atoms with E-state index in [4.69, 9.17) is 9.47 Å². The van der Waals surface area contributed by atoms with Crippen molar-refractivity contribution in [3.8, 4) is 0 Å². The molecule has 0 amide bonds. The lowest BCUT2D eigenvalue weighted by Gasteiger charge is -2.44. The summed E-state index contributed by atoms with van der Waals surface area (Å²) in [4.78, 5) is 37.7. The molecule has 0 aromatic heterocycles. The highest BCUT2D eigenvalue weighted by atomic mass is 16.5. The van der Waals surface area contributed by atoms with Crippen molar-refractivity contribution in [1.82, 2.24) is 10.4 Å². The van der Waals surface area contributed by atoms with E-state index in [0.29, 0.717) is 0 Å². The Kier molecular flexibility index (Phi) is 5.58. The highest BCUT2D eigenvalue weighted by Crippen LogP contribution is 2.64. The summed E-state index contributed by atoms with van der Waals surface area (Å²) in [5.74, 6) is -4.44. The summed E-state index contributed by atoms with van der Waals surface area (Å²) in [5.41, 5.74) is -3.03. The minimum atomic E-state index is -2.28. The second kappa shape index (κ2) is 7.77. The molecule has 10 heteroatoms. The molecule has 0 radical (unpaired) electrons. The van der Waals surface area contributed by atoms with E-state index in [-0.39, 0.29) is 30.4 Å². The van der Waals surface area contributed by atoms with Crippen molar-refractivity contribution >= 4 is 17.9 Å². The van der Waals surface area contributed by atoms with Gasteiger partial charge in [-0.1, -0.05) is 37.3 Å². The number of hydrazine groups is 1. The first-order valence-electron chi connectivity index (χ1n) is 9.96. The summed E-state index contributed by atoms with van der Waals surface area (Å²) in [5, 5.41) is 31.8. The van der Waals surface area contributed by atoms with Gasteiger partial charge in [-0.25, -0.2) is 4.79 Å². The Bertz CT molecular complexity index is 1020. The first kappa shape index (κ1) is 23.0. The zero-order chi connectivity index (χ0) is 23.9. The number of nitrogens with one attached hydrogen (secondary N) is 1. The number of rotatable bonds is 8. The summed E-state index contributed by atoms with van der Waals surface area (Å²) in [6, 6.07) is 9.21. The number of hydrogen-bond acceptors (Lipinski definition) is 7. The monoisotopic (exact) mass is 446 g/mol. The Morgan fingerprint density at radius 2 is 1.66 bits per heavy atom. The number of carboxylic acids is 3. The van der Waals surface area contributed by atoms with Crippen LogP contribution in [0, 0.1) is 10.8 Å². The van der Waals surface area contributed by atoms with Gasteiger partial charge in [-0.2, -0.15) is 0 Å². The smallest absolute Gasteiger partial charge is 0.332 e. The van der Waals surface area contributed by atoms with Crippen LogP contribution in [0.3, 0.4) is 0 Å². The van der Waals surface area contributed by atoms with Crippen LogP contribution in [0.2, 0.25) is 0 Å². The Morgan fingerprint density at radius 3 is 2.12 bits per heavy atom. The second-order valence-corrected chi connectivity index (χ2v) is 8.03. The highest BCUT2D eigenvalue weighted by Gasteiger charge is 2.80. The van der Waals surface area contributed by atoms with Crippen molar-refractivity contribution in [2.24, 2.45) is 10.8 Å². The van der Waals surface area contributed by atoms with Gasteiger partial charge in [0.15, 0.2) is 5.54 Å². The molecule has 0 saturated carbocycles. The maximum absolute atomic E-state index is 12.7. The quantitative estimate of drug-likeness (QED) is 0.468. The van der Waals surface area contributed by atoms with Crippen molar-refractivity contribution in [1.29, 1.82) is 0 Å². The topological polar surface area (TPSA) is 146 Å². The Morgan fingerprint density at radius 1 is 1.03 bits per heavy atom. The molecule has 2 heterocycles. The third kappa shape index (κ3) is 2.75. The lowest BCUT2D eigenvalue weighted by Crippen LogP contribution is -2.66. The Hall–Kier alpha value is -3.69. The molecule has 0 spiro atoms. The van der Waals surface area contributed by atoms with Crippen molar-refractivity contribution < 1.29 is 39.2 Å². The fourth-order valence-corrected chi connectivity index (χ4v) is 4.77. The van der Waals surface area contributed by atoms with Gasteiger partial charge < -0.3 is 24.8 Å². The standard InChI is InChI=1S/C22H26N2O8/c1-5-22(19(29)30)21(3,18(27)28)20(2,17(25)26)16-14(31-4)11-15(23-24(16)22)32-12-13-9-7-6-8-10-13/h6-11,23H,5,12H2,1-4H3,(H,25,26)(H,27,28)(H,29,30). The minimum Gasteiger partial charge on any atom is -0.495 e. The summed E-state index contributed by atoms with van der Waals surface area (Å²) >= 11 is 0. The molecule has 3 unspecified atom stereocenters. The Balaban J connectivity index is 2.22. The first-order valence-corrected chi connectivity index (χ1v) is 9.96. The average Bonchev–Trinajstić information content (AvgIpc) is 2.95. The number of hydrogen-bond donors (Lipinski definition) is 4. The predicted molar refractivity (Wildman–Crippen MR) is 110 cm³/mol. The third-order valence-electron chi connectivity index (χ3n) is 6.80. The fraction of sp³-hybridized carbons (Fsp3) is 0.409. The van der Waals surface area contributed by atoms with E-state index in [1.165, 1.54) is 27.0 Å². The number of benzene rings is 1. The lowest BCUT2D eigenvalue weighted by molar-refractivity contribution is -0.181. The number of nitrogens with zero attached hydrogens (tertiary/aromatic N) is 1. The van der Waals surface area contributed by atoms with Crippen molar-refractivity contribution in [2.75, 3.05) is 7.11 Å². The second-order valence-electron chi connectivity index (χ2n) is 8.03. The highest BCUT2D eigenvalue weighted by molar-refractivity contribution is 5.99. The fourth-order valence-electron chi connectivity index (χ4n) is 4.77. The van der Waals surface area contributed by atoms with Crippen molar-refractivity contribution in [3.63, 3.8) is 0 Å². The van der Waals surface area contributed by atoms with E-state index in [1.54, 1.807) is 0 Å². The van der Waals surface area contributed by atoms with Crippen LogP contribution in [0.4, 0.5) is 0 Å². The van der Waals surface area contributed by atoms with Gasteiger partial charge in [-0.05, 0) is 25.8 Å². The molecular weight excluding hydrogens is 420 g/mol. The number of aliphatic carboxylic acids is 3. The van der Waals surface area contributed by atoms with Crippen LogP contribution in [0.1, 0.15) is 32.8 Å². The maximum Gasteiger partial charge on any atom is 0.332 e. The van der Waals surface area contributed by atoms with E-state index >= 15 is 0 Å². The molecule has 3 atom stereocenters. The summed E-state index contributed by atoms with van der Waals surface area (Å²) in [6.45, 7) is 3.98. The van der Waals surface area contributed by atoms with Crippen LogP contribution < -0.4 is 5.43 Å². The molecule has 4 N–H and O–H groups in total. The van der Waals surface area contributed by atoms with Crippen LogP contribution >= 0.6 is 0 Å². The van der Waals surface area contributed by atoms with Gasteiger partial charge in [0.1, 0.15) is 23.2 Å². The van der Waals surface area contributed by atoms with Gasteiger partial charge in [0.25, 0.3) is 0 Å². The molecule has 32 heavy (non-hydrogen) atoms. The third-order valence-corrected chi connectivity index (χ3v) is 6.80. The lowest BCUT2D eigenvalue weighted by atomic mass is 9.57. The largest absolute Gasteiger partial charge is 0.495 e. The average molecular weight is 446 g/mol. The summed E-state index contributed by atoms with van der Waals surface area (Å²) in [7, 11) is 1.30. The van der Waals surface area contributed by atoms with Crippen LogP contribution in [0.5, 0.6) is 0 Å². The first-order chi connectivity index (χ1) is 15.0. The number of carboxylic acid groups (broad SMARTS) is 3. The number of ether oxygens (including phenoxy) is 2. The molecule has 1 aromatic rings. The van der Waals surface area contributed by atoms with E-state index in [2.05, 4.69) is 5.43 Å². The molecule has 10 nitrogen and oxygen atoms in total. The number of methoxy groups -OCH3 is 1. The van der Waals surface area contributed by atoms with Crippen molar-refractivity contribution in [2.45, 2.75) is 39.3 Å². The maximum atomic E-state index is 12.7. The van der Waals surface area contributed by atoms with E-state index in [0.717, 1.165) is 17.5 Å². The molecule has 2 aliphatic heterocycles. The SMILES string of the molecule is CCC1(C(=O)O)N2NC(OCc3ccccc3)=CC(OC)=C2C(C)(C(=O)O)C1(C)C(=O)O. The van der Waals surface area contributed by atoms with E-state index < -0.39 is 34.3 Å². The van der Waals surface area contributed by atoms with Crippen LogP contribution in [-0.2, 0) is 30.5 Å². The van der Waals surface area contributed by atoms with Gasteiger partial charge in [0, 0.05) is 6.08 Å². The van der Waals surface area contributed by atoms with E-state index in [1.807, 2.05) is 30.3 Å². The number of fused-ring (bicyclic) bond motifs is 1. The molecule has 2 aliphatic rings. The Labute approximate surface area is 184 Å². The van der Waals surface area contributed by atoms with Crippen molar-refractivity contribution in [3.05, 3.63) is 59.3 Å². The van der Waals surface area contributed by atoms with Gasteiger partial charge >= 0.3 is 17.9 Å². The summed E-state index contributed by atoms with van der Waals surface area (Å²) < 4.78 is 11.2. The molecule has 172 valence electrons. The van der Waals surface area contributed by atoms with Gasteiger partial charge in [0.2, 0.25) is 5.88 Å². The van der Waals surface area contributed by atoms with Crippen LogP contribution in [0.15, 0.2) is 53.7 Å². The van der Waals surface area contributed by atoms with Crippen LogP contribution in [-0.4, -0.2) is 50.9 Å². The van der Waals surface area contributed by atoms with Gasteiger partial charge in [-0.15, -0.1) is 0 Å². The molecule has 0 aliphatic carbocycles. The van der Waals surface area contributed by atoms with E-state index in [9.17, 15) is 29.7 Å². The molecule has 3 rings (SSSR count). The zero-order valence-electron chi connectivity index (χ0n) is 18.2. The van der Waals surface area contributed by atoms with Gasteiger partial charge in [0.05, 0.1) is 12.8 Å². The minimum absolute atomic E-state index is 0.000705. The number of carbonyl (C=O) groups is 3. The normalized spacial score (nSPS) is 29.0.